The molecule has 1 atom stereocenters. The fourth-order valence-electron chi connectivity index (χ4n) is 3.56. The molecule has 23 heavy (non-hydrogen) atoms. The van der Waals surface area contributed by atoms with Crippen molar-refractivity contribution >= 4 is 10.0 Å². The Morgan fingerprint density at radius 1 is 1.17 bits per heavy atom. The Hall–Kier alpha value is -1.42. The van der Waals surface area contributed by atoms with Gasteiger partial charge in [-0.15, -0.1) is 0 Å². The molecule has 2 aliphatic rings. The lowest BCUT2D eigenvalue weighted by Gasteiger charge is -2.32. The van der Waals surface area contributed by atoms with Crippen molar-refractivity contribution in [2.24, 2.45) is 0 Å². The molecule has 1 aliphatic carbocycles. The minimum Gasteiger partial charge on any atom is -0.319 e. The van der Waals surface area contributed by atoms with E-state index in [9.17, 15) is 8.42 Å². The number of nitriles is 1. The molecule has 6 heteroatoms. The summed E-state index contributed by atoms with van der Waals surface area (Å²) in [5, 5.41) is 9.00. The zero-order valence-corrected chi connectivity index (χ0v) is 14.4. The summed E-state index contributed by atoms with van der Waals surface area (Å²) in [4.78, 5) is 1.60. The highest BCUT2D eigenvalue weighted by Crippen LogP contribution is 2.25. The van der Waals surface area contributed by atoms with Crippen molar-refractivity contribution in [2.75, 3.05) is 26.2 Å². The van der Waals surface area contributed by atoms with E-state index in [0.717, 1.165) is 19.3 Å². The lowest BCUT2D eigenvalue weighted by Crippen LogP contribution is -3.17. The van der Waals surface area contributed by atoms with Crippen LogP contribution in [-0.4, -0.2) is 44.9 Å². The Morgan fingerprint density at radius 3 is 2.48 bits per heavy atom. The first-order valence-electron chi connectivity index (χ1n) is 8.38. The van der Waals surface area contributed by atoms with Crippen LogP contribution < -0.4 is 4.90 Å². The molecule has 1 aliphatic heterocycles. The monoisotopic (exact) mass is 334 g/mol. The van der Waals surface area contributed by atoms with Gasteiger partial charge < -0.3 is 4.90 Å². The van der Waals surface area contributed by atoms with Gasteiger partial charge in [0.1, 0.15) is 6.07 Å². The number of rotatable bonds is 3. The third-order valence-electron chi connectivity index (χ3n) is 5.13. The van der Waals surface area contributed by atoms with Crippen LogP contribution in [0.15, 0.2) is 23.1 Å². The standard InChI is InChI=1S/C17H23N3O2S/c1-14(13-18)19-8-10-20(11-9-19)23(21,22)17-7-6-15-4-2-3-5-16(15)12-17/h6-7,12,14H,2-5,8-11H2,1H3/p+1/t14-/m0/s1. The zero-order valence-electron chi connectivity index (χ0n) is 13.6. The van der Waals surface area contributed by atoms with Crippen molar-refractivity contribution in [3.63, 3.8) is 0 Å². The molecular formula is C17H24N3O2S+. The molecule has 0 amide bonds. The molecule has 1 N–H and O–H groups in total. The average molecular weight is 334 g/mol. The van der Waals surface area contributed by atoms with Crippen LogP contribution in [0.3, 0.4) is 0 Å². The molecule has 1 fully saturated rings. The maximum atomic E-state index is 12.9. The van der Waals surface area contributed by atoms with Crippen LogP contribution in [0.5, 0.6) is 0 Å². The predicted molar refractivity (Wildman–Crippen MR) is 87.6 cm³/mol. The predicted octanol–water partition coefficient (Wildman–Crippen LogP) is 0.367. The minimum absolute atomic E-state index is 0.0800. The quantitative estimate of drug-likeness (QED) is 0.868. The van der Waals surface area contributed by atoms with Crippen LogP contribution in [0.25, 0.3) is 0 Å². The number of benzene rings is 1. The smallest absolute Gasteiger partial charge is 0.243 e. The number of piperazine rings is 1. The van der Waals surface area contributed by atoms with Crippen LogP contribution in [-0.2, 0) is 22.9 Å². The SMILES string of the molecule is C[C@@H](C#N)[NH+]1CCN(S(=O)(=O)c2ccc3c(c2)CCCC3)CC1. The minimum atomic E-state index is -3.41. The fraction of sp³-hybridized carbons (Fsp3) is 0.588. The van der Waals surface area contributed by atoms with Gasteiger partial charge in [0, 0.05) is 6.92 Å². The number of hydrogen-bond donors (Lipinski definition) is 1. The van der Waals surface area contributed by atoms with Gasteiger partial charge >= 0.3 is 0 Å². The number of nitrogens with zero attached hydrogens (tertiary/aromatic N) is 2. The van der Waals surface area contributed by atoms with E-state index in [1.165, 1.54) is 22.4 Å². The molecule has 0 spiro atoms. The molecule has 3 rings (SSSR count). The summed E-state index contributed by atoms with van der Waals surface area (Å²) in [6.45, 7) is 4.25. The topological polar surface area (TPSA) is 65.6 Å². The van der Waals surface area contributed by atoms with Gasteiger partial charge in [0.2, 0.25) is 10.0 Å². The molecular weight excluding hydrogens is 310 g/mol. The molecule has 124 valence electrons. The molecule has 1 aromatic carbocycles. The maximum absolute atomic E-state index is 12.9. The van der Waals surface area contributed by atoms with Crippen LogP contribution in [0.2, 0.25) is 0 Å². The van der Waals surface area contributed by atoms with Crippen molar-refractivity contribution in [2.45, 2.75) is 43.5 Å². The highest BCUT2D eigenvalue weighted by atomic mass is 32.2. The van der Waals surface area contributed by atoms with Gasteiger partial charge in [0.25, 0.3) is 0 Å². The van der Waals surface area contributed by atoms with Crippen molar-refractivity contribution in [3.05, 3.63) is 29.3 Å². The molecule has 1 heterocycles. The molecule has 1 saturated heterocycles. The summed E-state index contributed by atoms with van der Waals surface area (Å²) < 4.78 is 27.3. The maximum Gasteiger partial charge on any atom is 0.243 e. The fourth-order valence-corrected chi connectivity index (χ4v) is 5.05. The third-order valence-corrected chi connectivity index (χ3v) is 7.02. The Morgan fingerprint density at radius 2 is 1.83 bits per heavy atom. The first kappa shape index (κ1) is 16.4. The van der Waals surface area contributed by atoms with E-state index in [0.29, 0.717) is 31.1 Å². The lowest BCUT2D eigenvalue weighted by molar-refractivity contribution is -0.918. The molecule has 0 bridgehead atoms. The molecule has 0 radical (unpaired) electrons. The Balaban J connectivity index is 1.76. The van der Waals surface area contributed by atoms with E-state index in [1.807, 2.05) is 19.1 Å². The summed E-state index contributed by atoms with van der Waals surface area (Å²) in [6.07, 6.45) is 4.38. The van der Waals surface area contributed by atoms with E-state index < -0.39 is 10.0 Å². The second-order valence-corrected chi connectivity index (χ2v) is 8.49. The number of nitrogens with one attached hydrogen (secondary N) is 1. The number of quaternary nitrogens is 1. The van der Waals surface area contributed by atoms with E-state index in [-0.39, 0.29) is 6.04 Å². The molecule has 0 unspecified atom stereocenters. The number of hydrogen-bond acceptors (Lipinski definition) is 3. The second kappa shape index (κ2) is 6.60. The third kappa shape index (κ3) is 3.27. The van der Waals surface area contributed by atoms with Gasteiger partial charge in [0.15, 0.2) is 6.04 Å². The van der Waals surface area contributed by atoms with Gasteiger partial charge in [0.05, 0.1) is 31.1 Å². The van der Waals surface area contributed by atoms with Crippen molar-refractivity contribution in [3.8, 4) is 6.07 Å². The lowest BCUT2D eigenvalue weighted by atomic mass is 9.92. The normalized spacial score (nSPS) is 21.4. The summed E-state index contributed by atoms with van der Waals surface area (Å²) in [6, 6.07) is 7.79. The van der Waals surface area contributed by atoms with Gasteiger partial charge in [-0.3, -0.25) is 0 Å². The number of aryl methyl sites for hydroxylation is 2. The molecule has 1 aromatic rings. The zero-order chi connectivity index (χ0) is 16.4. The first-order valence-corrected chi connectivity index (χ1v) is 9.82. The Kier molecular flexibility index (Phi) is 4.72. The van der Waals surface area contributed by atoms with Crippen LogP contribution in [0, 0.1) is 11.3 Å². The van der Waals surface area contributed by atoms with Crippen molar-refractivity contribution in [1.82, 2.24) is 4.31 Å². The van der Waals surface area contributed by atoms with Gasteiger partial charge in [-0.1, -0.05) is 6.07 Å². The number of fused-ring (bicyclic) bond motifs is 1. The van der Waals surface area contributed by atoms with E-state index in [1.54, 1.807) is 10.4 Å². The van der Waals surface area contributed by atoms with Gasteiger partial charge in [-0.2, -0.15) is 9.57 Å². The second-order valence-electron chi connectivity index (χ2n) is 6.55. The summed E-state index contributed by atoms with van der Waals surface area (Å²) in [5.74, 6) is 0. The van der Waals surface area contributed by atoms with Crippen molar-refractivity contribution in [1.29, 1.82) is 5.26 Å². The highest BCUT2D eigenvalue weighted by molar-refractivity contribution is 7.89. The summed E-state index contributed by atoms with van der Waals surface area (Å²) in [7, 11) is -3.41. The average Bonchev–Trinajstić information content (AvgIpc) is 2.60. The molecule has 0 aromatic heterocycles. The number of sulfonamides is 1. The Bertz CT molecular complexity index is 716. The van der Waals surface area contributed by atoms with Gasteiger partial charge in [-0.05, 0) is 48.9 Å². The van der Waals surface area contributed by atoms with Crippen LogP contribution in [0.1, 0.15) is 30.9 Å². The van der Waals surface area contributed by atoms with E-state index in [4.69, 9.17) is 5.26 Å². The highest BCUT2D eigenvalue weighted by Gasteiger charge is 2.32. The largest absolute Gasteiger partial charge is 0.319 e. The van der Waals surface area contributed by atoms with E-state index >= 15 is 0 Å². The van der Waals surface area contributed by atoms with Crippen LogP contribution in [0.4, 0.5) is 0 Å². The summed E-state index contributed by atoms with van der Waals surface area (Å²) >= 11 is 0. The van der Waals surface area contributed by atoms with Crippen molar-refractivity contribution < 1.29 is 13.3 Å². The molecule has 0 saturated carbocycles. The van der Waals surface area contributed by atoms with E-state index in [2.05, 4.69) is 6.07 Å². The molecule has 5 nitrogen and oxygen atoms in total. The van der Waals surface area contributed by atoms with Gasteiger partial charge in [-0.25, -0.2) is 8.42 Å². The summed E-state index contributed by atoms with van der Waals surface area (Å²) in [5.41, 5.74) is 2.49. The Labute approximate surface area is 138 Å². The van der Waals surface area contributed by atoms with Crippen LogP contribution >= 0.6 is 0 Å². The first-order chi connectivity index (χ1) is 11.0.